The second-order valence-electron chi connectivity index (χ2n) is 7.22. The number of likely N-dealkylation sites (tertiary alicyclic amines) is 1. The summed E-state index contributed by atoms with van der Waals surface area (Å²) in [5.41, 5.74) is 0.656. The van der Waals surface area contributed by atoms with Gasteiger partial charge in [0.2, 0.25) is 0 Å². The lowest BCUT2D eigenvalue weighted by Crippen LogP contribution is -2.48. The van der Waals surface area contributed by atoms with Crippen molar-refractivity contribution in [3.05, 3.63) is 0 Å². The van der Waals surface area contributed by atoms with Crippen LogP contribution in [0.3, 0.4) is 0 Å². The van der Waals surface area contributed by atoms with Crippen LogP contribution in [0.2, 0.25) is 0 Å². The predicted molar refractivity (Wildman–Crippen MR) is 86.4 cm³/mol. The van der Waals surface area contributed by atoms with E-state index in [4.69, 9.17) is 0 Å². The normalized spacial score (nSPS) is 19.6. The fraction of sp³-hybridized carbons (Fsp3) is 1.00. The van der Waals surface area contributed by atoms with Crippen LogP contribution < -0.4 is 0 Å². The van der Waals surface area contributed by atoms with Crippen molar-refractivity contribution in [1.82, 2.24) is 0 Å². The first-order valence-electron chi connectivity index (χ1n) is 8.93. The van der Waals surface area contributed by atoms with Crippen LogP contribution in [0.15, 0.2) is 0 Å². The quantitative estimate of drug-likeness (QED) is 0.388. The summed E-state index contributed by atoms with van der Waals surface area (Å²) >= 11 is 0. The van der Waals surface area contributed by atoms with E-state index < -0.39 is 0 Å². The first-order chi connectivity index (χ1) is 9.10. The number of nitrogens with zero attached hydrogens (tertiary/aromatic N) is 1. The Bertz CT molecular complexity index is 216. The zero-order chi connectivity index (χ0) is 14.2. The van der Waals surface area contributed by atoms with Gasteiger partial charge < -0.3 is 4.48 Å². The van der Waals surface area contributed by atoms with Gasteiger partial charge in [0.05, 0.1) is 26.7 Å². The standard InChI is InChI=1S/C18H38N/c1-5-18(6-2,7-3)14-10-8-11-15-19(4)16-12-9-13-17-19/h5-17H2,1-4H3/q+1. The molecule has 0 saturated carbocycles. The van der Waals surface area contributed by atoms with Crippen molar-refractivity contribution in [2.45, 2.75) is 85.0 Å². The highest BCUT2D eigenvalue weighted by molar-refractivity contribution is 4.74. The van der Waals surface area contributed by atoms with Crippen molar-refractivity contribution >= 4 is 0 Å². The summed E-state index contributed by atoms with van der Waals surface area (Å²) in [5, 5.41) is 0. The third-order valence-electron chi connectivity index (χ3n) is 6.05. The van der Waals surface area contributed by atoms with E-state index in [0.29, 0.717) is 5.41 Å². The smallest absolute Gasteiger partial charge is 0.0784 e. The zero-order valence-electron chi connectivity index (χ0n) is 14.1. The molecule has 114 valence electrons. The molecule has 1 saturated heterocycles. The topological polar surface area (TPSA) is 0 Å². The van der Waals surface area contributed by atoms with E-state index in [1.807, 2.05) is 0 Å². The van der Waals surface area contributed by atoms with Gasteiger partial charge in [0.15, 0.2) is 0 Å². The molecule has 0 aliphatic carbocycles. The number of hydrogen-bond acceptors (Lipinski definition) is 0. The lowest BCUT2D eigenvalue weighted by molar-refractivity contribution is -0.914. The minimum Gasteiger partial charge on any atom is -0.326 e. The van der Waals surface area contributed by atoms with Gasteiger partial charge in [-0.1, -0.05) is 46.5 Å². The lowest BCUT2D eigenvalue weighted by Gasteiger charge is -2.38. The molecule has 1 aliphatic rings. The molecule has 1 aliphatic heterocycles. The minimum atomic E-state index is 0.656. The maximum absolute atomic E-state index is 2.48. The van der Waals surface area contributed by atoms with Crippen molar-refractivity contribution in [2.75, 3.05) is 26.7 Å². The number of unbranched alkanes of at least 4 members (excludes halogenated alkanes) is 2. The number of hydrogen-bond donors (Lipinski definition) is 0. The van der Waals surface area contributed by atoms with Crippen molar-refractivity contribution < 1.29 is 4.48 Å². The van der Waals surface area contributed by atoms with Gasteiger partial charge in [-0.15, -0.1) is 0 Å². The average molecular weight is 269 g/mol. The van der Waals surface area contributed by atoms with Crippen molar-refractivity contribution in [1.29, 1.82) is 0 Å². The summed E-state index contributed by atoms with van der Waals surface area (Å²) in [4.78, 5) is 0. The Balaban J connectivity index is 2.16. The molecule has 0 aromatic heterocycles. The highest BCUT2D eigenvalue weighted by Crippen LogP contribution is 2.36. The molecule has 0 amide bonds. The monoisotopic (exact) mass is 268 g/mol. The van der Waals surface area contributed by atoms with E-state index >= 15 is 0 Å². The molecule has 1 rings (SSSR count). The van der Waals surface area contributed by atoms with Gasteiger partial charge in [0, 0.05) is 0 Å². The molecule has 0 aromatic carbocycles. The van der Waals surface area contributed by atoms with E-state index in [0.717, 1.165) is 0 Å². The molecule has 0 unspecified atom stereocenters. The summed E-state index contributed by atoms with van der Waals surface area (Å²) in [7, 11) is 2.48. The summed E-state index contributed by atoms with van der Waals surface area (Å²) in [6.45, 7) is 11.4. The summed E-state index contributed by atoms with van der Waals surface area (Å²) < 4.78 is 1.36. The summed E-state index contributed by atoms with van der Waals surface area (Å²) in [5.74, 6) is 0. The summed E-state index contributed by atoms with van der Waals surface area (Å²) in [6, 6.07) is 0. The molecule has 1 fully saturated rings. The highest BCUT2D eigenvalue weighted by atomic mass is 15.3. The van der Waals surface area contributed by atoms with Gasteiger partial charge in [0.1, 0.15) is 0 Å². The Labute approximate surface area is 122 Å². The fourth-order valence-corrected chi connectivity index (χ4v) is 3.95. The second kappa shape index (κ2) is 8.29. The fourth-order valence-electron chi connectivity index (χ4n) is 3.95. The molecule has 0 radical (unpaired) electrons. The third-order valence-corrected chi connectivity index (χ3v) is 6.05. The second-order valence-corrected chi connectivity index (χ2v) is 7.22. The van der Waals surface area contributed by atoms with Crippen LogP contribution in [-0.2, 0) is 0 Å². The van der Waals surface area contributed by atoms with Gasteiger partial charge in [0.25, 0.3) is 0 Å². The van der Waals surface area contributed by atoms with E-state index in [-0.39, 0.29) is 0 Å². The van der Waals surface area contributed by atoms with E-state index in [2.05, 4.69) is 27.8 Å². The molecule has 0 bridgehead atoms. The van der Waals surface area contributed by atoms with Crippen LogP contribution in [0.1, 0.15) is 85.0 Å². The third kappa shape index (κ3) is 5.45. The van der Waals surface area contributed by atoms with Crippen molar-refractivity contribution in [3.8, 4) is 0 Å². The molecule has 19 heavy (non-hydrogen) atoms. The molecule has 1 nitrogen and oxygen atoms in total. The Morgan fingerprint density at radius 1 is 0.789 bits per heavy atom. The van der Waals surface area contributed by atoms with Crippen molar-refractivity contribution in [2.24, 2.45) is 5.41 Å². The van der Waals surface area contributed by atoms with Gasteiger partial charge in [-0.2, -0.15) is 0 Å². The van der Waals surface area contributed by atoms with Gasteiger partial charge in [-0.25, -0.2) is 0 Å². The molecule has 0 atom stereocenters. The summed E-state index contributed by atoms with van der Waals surface area (Å²) in [6.07, 6.45) is 14.3. The molecular weight excluding hydrogens is 230 g/mol. The molecule has 0 spiro atoms. The van der Waals surface area contributed by atoms with Crippen LogP contribution in [0.4, 0.5) is 0 Å². The number of piperidine rings is 1. The number of quaternary nitrogens is 1. The Hall–Kier alpha value is -0.0400. The van der Waals surface area contributed by atoms with Crippen LogP contribution in [0, 0.1) is 5.41 Å². The van der Waals surface area contributed by atoms with Crippen LogP contribution in [-0.4, -0.2) is 31.2 Å². The van der Waals surface area contributed by atoms with E-state index in [1.54, 1.807) is 0 Å². The zero-order valence-corrected chi connectivity index (χ0v) is 14.1. The molecule has 0 N–H and O–H groups in total. The SMILES string of the molecule is CCC(CC)(CC)CCCCC[N+]1(C)CCCCC1. The van der Waals surface area contributed by atoms with Crippen molar-refractivity contribution in [3.63, 3.8) is 0 Å². The predicted octanol–water partition coefficient (Wildman–Crippen LogP) is 5.39. The van der Waals surface area contributed by atoms with Gasteiger partial charge >= 0.3 is 0 Å². The highest BCUT2D eigenvalue weighted by Gasteiger charge is 2.25. The Morgan fingerprint density at radius 3 is 1.89 bits per heavy atom. The van der Waals surface area contributed by atoms with E-state index in [9.17, 15) is 0 Å². The molecular formula is C18H38N+. The molecule has 1 heterocycles. The van der Waals surface area contributed by atoms with Crippen LogP contribution >= 0.6 is 0 Å². The van der Waals surface area contributed by atoms with E-state index in [1.165, 1.54) is 88.3 Å². The Kier molecular flexibility index (Phi) is 7.42. The minimum absolute atomic E-state index is 0.656. The van der Waals surface area contributed by atoms with Crippen LogP contribution in [0.25, 0.3) is 0 Å². The van der Waals surface area contributed by atoms with Crippen LogP contribution in [0.5, 0.6) is 0 Å². The molecule has 0 aromatic rings. The van der Waals surface area contributed by atoms with Gasteiger partial charge in [-0.05, 0) is 43.9 Å². The number of rotatable bonds is 9. The molecule has 1 heteroatoms. The largest absolute Gasteiger partial charge is 0.326 e. The first kappa shape index (κ1) is 17.0. The lowest BCUT2D eigenvalue weighted by atomic mass is 9.75. The maximum Gasteiger partial charge on any atom is 0.0784 e. The van der Waals surface area contributed by atoms with Gasteiger partial charge in [-0.3, -0.25) is 0 Å². The first-order valence-corrected chi connectivity index (χ1v) is 8.93. The maximum atomic E-state index is 2.48. The Morgan fingerprint density at radius 2 is 1.37 bits per heavy atom. The average Bonchev–Trinajstić information content (AvgIpc) is 2.44.